The molecule has 6 heteroatoms. The van der Waals surface area contributed by atoms with Crippen LogP contribution in [0.3, 0.4) is 0 Å². The van der Waals surface area contributed by atoms with E-state index in [9.17, 15) is 9.59 Å². The van der Waals surface area contributed by atoms with E-state index in [1.54, 1.807) is 0 Å². The first-order valence-corrected chi connectivity index (χ1v) is 6.98. The molecule has 3 aromatic rings. The van der Waals surface area contributed by atoms with Gasteiger partial charge in [-0.1, -0.05) is 31.5 Å². The summed E-state index contributed by atoms with van der Waals surface area (Å²) in [4.78, 5) is 32.0. The van der Waals surface area contributed by atoms with Crippen LogP contribution in [0.5, 0.6) is 0 Å². The second-order valence-corrected chi connectivity index (χ2v) is 4.87. The van der Waals surface area contributed by atoms with Gasteiger partial charge in [-0.05, 0) is 18.6 Å². The second kappa shape index (κ2) is 5.40. The van der Waals surface area contributed by atoms with Crippen LogP contribution >= 0.6 is 0 Å². The average molecular weight is 284 g/mol. The monoisotopic (exact) mass is 284 g/mol. The SMILES string of the molecule is CCCCn1c(=O)c2[nH]cnc2n(-c2ccccc2)c1=O. The van der Waals surface area contributed by atoms with Gasteiger partial charge in [0.25, 0.3) is 5.56 Å². The highest BCUT2D eigenvalue weighted by atomic mass is 16.2. The predicted octanol–water partition coefficient (Wildman–Crippen LogP) is 1.68. The van der Waals surface area contributed by atoms with E-state index in [0.717, 1.165) is 12.8 Å². The molecular weight excluding hydrogens is 268 g/mol. The van der Waals surface area contributed by atoms with E-state index in [-0.39, 0.29) is 11.2 Å². The standard InChI is InChI=1S/C15H16N4O2/c1-2-3-9-18-14(20)12-13(17-10-16-12)19(15(18)21)11-7-5-4-6-8-11/h4-8,10H,2-3,9H2,1H3,(H,16,17). The van der Waals surface area contributed by atoms with E-state index >= 15 is 0 Å². The van der Waals surface area contributed by atoms with Crippen LogP contribution in [-0.2, 0) is 6.54 Å². The van der Waals surface area contributed by atoms with Gasteiger partial charge in [-0.25, -0.2) is 14.3 Å². The molecule has 1 N–H and O–H groups in total. The number of hydrogen-bond acceptors (Lipinski definition) is 3. The van der Waals surface area contributed by atoms with Gasteiger partial charge in [-0.2, -0.15) is 0 Å². The molecule has 0 amide bonds. The molecule has 108 valence electrons. The lowest BCUT2D eigenvalue weighted by atomic mass is 10.3. The zero-order chi connectivity index (χ0) is 14.8. The number of fused-ring (bicyclic) bond motifs is 1. The lowest BCUT2D eigenvalue weighted by Gasteiger charge is -2.10. The molecule has 0 aliphatic carbocycles. The van der Waals surface area contributed by atoms with Crippen molar-refractivity contribution in [2.24, 2.45) is 0 Å². The molecule has 0 unspecified atom stereocenters. The summed E-state index contributed by atoms with van der Waals surface area (Å²) in [7, 11) is 0. The molecule has 6 nitrogen and oxygen atoms in total. The molecule has 3 rings (SSSR count). The molecule has 0 aliphatic rings. The van der Waals surface area contributed by atoms with Crippen LogP contribution in [0.2, 0.25) is 0 Å². The fourth-order valence-corrected chi connectivity index (χ4v) is 2.37. The topological polar surface area (TPSA) is 72.7 Å². The van der Waals surface area contributed by atoms with Crippen LogP contribution < -0.4 is 11.2 Å². The Labute approximate surface area is 120 Å². The van der Waals surface area contributed by atoms with Crippen molar-refractivity contribution in [3.8, 4) is 5.69 Å². The summed E-state index contributed by atoms with van der Waals surface area (Å²) in [6.07, 6.45) is 3.14. The van der Waals surface area contributed by atoms with Gasteiger partial charge < -0.3 is 4.98 Å². The molecule has 2 heterocycles. The summed E-state index contributed by atoms with van der Waals surface area (Å²) in [6.45, 7) is 2.44. The Morgan fingerprint density at radius 2 is 1.95 bits per heavy atom. The maximum Gasteiger partial charge on any atom is 0.337 e. The van der Waals surface area contributed by atoms with Gasteiger partial charge in [0, 0.05) is 6.54 Å². The maximum atomic E-state index is 12.7. The van der Waals surface area contributed by atoms with Crippen molar-refractivity contribution < 1.29 is 0 Å². The maximum absolute atomic E-state index is 12.7. The summed E-state index contributed by atoms with van der Waals surface area (Å²) in [5.41, 5.74) is 0.760. The van der Waals surface area contributed by atoms with Crippen LogP contribution in [0.4, 0.5) is 0 Å². The van der Waals surface area contributed by atoms with Crippen molar-refractivity contribution in [3.05, 3.63) is 57.5 Å². The van der Waals surface area contributed by atoms with Crippen molar-refractivity contribution in [2.45, 2.75) is 26.3 Å². The fraction of sp³-hybridized carbons (Fsp3) is 0.267. The molecular formula is C15H16N4O2. The minimum absolute atomic E-state index is 0.312. The highest BCUT2D eigenvalue weighted by Gasteiger charge is 2.15. The van der Waals surface area contributed by atoms with Crippen molar-refractivity contribution in [1.82, 2.24) is 19.1 Å². The zero-order valence-electron chi connectivity index (χ0n) is 11.7. The summed E-state index contributed by atoms with van der Waals surface area (Å²) in [5.74, 6) is 0. The Hall–Kier alpha value is -2.63. The molecule has 0 spiro atoms. The first-order chi connectivity index (χ1) is 10.2. The van der Waals surface area contributed by atoms with Gasteiger partial charge in [-0.15, -0.1) is 0 Å². The van der Waals surface area contributed by atoms with Gasteiger partial charge in [-0.3, -0.25) is 9.36 Å². The Balaban J connectivity index is 2.36. The Bertz CT molecular complexity index is 874. The van der Waals surface area contributed by atoms with E-state index in [2.05, 4.69) is 9.97 Å². The average Bonchev–Trinajstić information content (AvgIpc) is 2.98. The first kappa shape index (κ1) is 13.4. The van der Waals surface area contributed by atoms with Crippen molar-refractivity contribution in [3.63, 3.8) is 0 Å². The number of para-hydroxylation sites is 1. The molecule has 0 aliphatic heterocycles. The third-order valence-corrected chi connectivity index (χ3v) is 3.46. The molecule has 0 saturated carbocycles. The first-order valence-electron chi connectivity index (χ1n) is 6.98. The van der Waals surface area contributed by atoms with Gasteiger partial charge in [0.1, 0.15) is 5.52 Å². The molecule has 0 fully saturated rings. The van der Waals surface area contributed by atoms with E-state index in [4.69, 9.17) is 0 Å². The molecule has 2 aromatic heterocycles. The molecule has 0 atom stereocenters. The van der Waals surface area contributed by atoms with Gasteiger partial charge in [0.15, 0.2) is 5.65 Å². The number of aromatic amines is 1. The van der Waals surface area contributed by atoms with Gasteiger partial charge in [0.05, 0.1) is 12.0 Å². The highest BCUT2D eigenvalue weighted by Crippen LogP contribution is 2.10. The quantitative estimate of drug-likeness (QED) is 0.792. The second-order valence-electron chi connectivity index (χ2n) is 4.87. The molecule has 0 bridgehead atoms. The van der Waals surface area contributed by atoms with E-state index in [1.807, 2.05) is 37.3 Å². The number of aromatic nitrogens is 4. The number of H-pyrrole nitrogens is 1. The van der Waals surface area contributed by atoms with Crippen molar-refractivity contribution in [2.75, 3.05) is 0 Å². The van der Waals surface area contributed by atoms with Crippen molar-refractivity contribution >= 4 is 11.2 Å². The Morgan fingerprint density at radius 3 is 2.67 bits per heavy atom. The van der Waals surface area contributed by atoms with Gasteiger partial charge in [0.2, 0.25) is 0 Å². The minimum Gasteiger partial charge on any atom is -0.339 e. The third-order valence-electron chi connectivity index (χ3n) is 3.46. The Morgan fingerprint density at radius 1 is 1.19 bits per heavy atom. The number of nitrogens with one attached hydrogen (secondary N) is 1. The fourth-order valence-electron chi connectivity index (χ4n) is 2.37. The largest absolute Gasteiger partial charge is 0.339 e. The summed E-state index contributed by atoms with van der Waals surface area (Å²) < 4.78 is 2.75. The normalized spacial score (nSPS) is 11.1. The van der Waals surface area contributed by atoms with E-state index in [1.165, 1.54) is 15.5 Å². The van der Waals surface area contributed by atoms with Crippen LogP contribution in [0.15, 0.2) is 46.2 Å². The summed E-state index contributed by atoms with van der Waals surface area (Å²) >= 11 is 0. The molecule has 1 aromatic carbocycles. The lowest BCUT2D eigenvalue weighted by molar-refractivity contribution is 0.577. The number of nitrogens with zero attached hydrogens (tertiary/aromatic N) is 3. The number of rotatable bonds is 4. The van der Waals surface area contributed by atoms with E-state index < -0.39 is 0 Å². The van der Waals surface area contributed by atoms with Crippen LogP contribution in [0.25, 0.3) is 16.9 Å². The van der Waals surface area contributed by atoms with Crippen LogP contribution in [-0.4, -0.2) is 19.1 Å². The zero-order valence-corrected chi connectivity index (χ0v) is 11.7. The van der Waals surface area contributed by atoms with Crippen LogP contribution in [0, 0.1) is 0 Å². The molecule has 0 saturated heterocycles. The summed E-state index contributed by atoms with van der Waals surface area (Å²) in [5, 5.41) is 0. The van der Waals surface area contributed by atoms with Gasteiger partial charge >= 0.3 is 5.69 Å². The smallest absolute Gasteiger partial charge is 0.337 e. The number of hydrogen-bond donors (Lipinski definition) is 1. The summed E-state index contributed by atoms with van der Waals surface area (Å²) in [6, 6.07) is 9.22. The lowest BCUT2D eigenvalue weighted by Crippen LogP contribution is -2.39. The number of unbranched alkanes of at least 4 members (excludes halogenated alkanes) is 1. The predicted molar refractivity (Wildman–Crippen MR) is 80.9 cm³/mol. The number of imidazole rings is 1. The third kappa shape index (κ3) is 2.18. The molecule has 21 heavy (non-hydrogen) atoms. The minimum atomic E-state index is -0.348. The van der Waals surface area contributed by atoms with Crippen LogP contribution in [0.1, 0.15) is 19.8 Å². The molecule has 0 radical (unpaired) electrons. The van der Waals surface area contributed by atoms with E-state index in [0.29, 0.717) is 23.4 Å². The highest BCUT2D eigenvalue weighted by molar-refractivity contribution is 5.71. The number of benzene rings is 1. The van der Waals surface area contributed by atoms with Crippen molar-refractivity contribution in [1.29, 1.82) is 0 Å². The Kier molecular flexibility index (Phi) is 3.43.